The third-order valence-corrected chi connectivity index (χ3v) is 2.63. The summed E-state index contributed by atoms with van der Waals surface area (Å²) in [7, 11) is 0. The number of hydrogen-bond donors (Lipinski definition) is 2. The van der Waals surface area contributed by atoms with Gasteiger partial charge in [-0.25, -0.2) is 13.6 Å². The van der Waals surface area contributed by atoms with Gasteiger partial charge in [0.05, 0.1) is 0 Å². The summed E-state index contributed by atoms with van der Waals surface area (Å²) in [5.41, 5.74) is 0.525. The highest BCUT2D eigenvalue weighted by Crippen LogP contribution is 2.14. The molecule has 0 fully saturated rings. The number of carbonyl (C=O) groups is 2. The summed E-state index contributed by atoms with van der Waals surface area (Å²) in [6.07, 6.45) is 1.28. The topological polar surface area (TPSA) is 66.4 Å². The fraction of sp³-hybridized carbons (Fsp3) is 0.200. The van der Waals surface area contributed by atoms with E-state index in [4.69, 9.17) is 5.11 Å². The number of carboxylic acids is 1. The Kier molecular flexibility index (Phi) is 5.78. The van der Waals surface area contributed by atoms with E-state index in [1.165, 1.54) is 19.1 Å². The second kappa shape index (κ2) is 7.33. The molecule has 0 aliphatic carbocycles. The average molecular weight is 295 g/mol. The molecule has 0 unspecified atom stereocenters. The summed E-state index contributed by atoms with van der Waals surface area (Å²) >= 11 is 0. The first-order chi connectivity index (χ1) is 9.81. The highest BCUT2D eigenvalue weighted by atomic mass is 19.2. The second-order valence-electron chi connectivity index (χ2n) is 4.43. The van der Waals surface area contributed by atoms with E-state index in [-0.39, 0.29) is 30.0 Å². The fourth-order valence-electron chi connectivity index (χ4n) is 1.51. The van der Waals surface area contributed by atoms with Crippen molar-refractivity contribution in [3.63, 3.8) is 0 Å². The number of carbonyl (C=O) groups excluding carboxylic acids is 1. The Bertz CT molecular complexity index is 609. The smallest absolute Gasteiger partial charge is 0.331 e. The summed E-state index contributed by atoms with van der Waals surface area (Å²) in [6.45, 7) is 5.09. The SMILES string of the molecule is C=C(C)C(=O)NCC/C(=C\c1ccc(F)c(F)c1)C(=O)O. The molecule has 1 amide bonds. The lowest BCUT2D eigenvalue weighted by atomic mass is 10.1. The van der Waals surface area contributed by atoms with Crippen molar-refractivity contribution in [2.75, 3.05) is 6.54 Å². The lowest BCUT2D eigenvalue weighted by Crippen LogP contribution is -2.25. The monoisotopic (exact) mass is 295 g/mol. The van der Waals surface area contributed by atoms with Crippen LogP contribution in [0.2, 0.25) is 0 Å². The number of rotatable bonds is 6. The van der Waals surface area contributed by atoms with Gasteiger partial charge in [-0.3, -0.25) is 4.79 Å². The van der Waals surface area contributed by atoms with Crippen LogP contribution in [0.25, 0.3) is 6.08 Å². The Hall–Kier alpha value is -2.50. The molecule has 2 N–H and O–H groups in total. The van der Waals surface area contributed by atoms with E-state index >= 15 is 0 Å². The van der Waals surface area contributed by atoms with E-state index in [9.17, 15) is 18.4 Å². The lowest BCUT2D eigenvalue weighted by Gasteiger charge is -2.06. The van der Waals surface area contributed by atoms with Gasteiger partial charge in [0, 0.05) is 17.7 Å². The van der Waals surface area contributed by atoms with Crippen LogP contribution >= 0.6 is 0 Å². The van der Waals surface area contributed by atoms with Crippen molar-refractivity contribution in [3.05, 3.63) is 53.1 Å². The number of carboxylic acid groups (broad SMARTS) is 1. The van der Waals surface area contributed by atoms with Crippen LogP contribution in [0.1, 0.15) is 18.9 Å². The summed E-state index contributed by atoms with van der Waals surface area (Å²) in [6, 6.07) is 3.10. The average Bonchev–Trinajstić information content (AvgIpc) is 2.41. The Labute approximate surface area is 120 Å². The molecule has 0 aliphatic rings. The van der Waals surface area contributed by atoms with Crippen molar-refractivity contribution in [3.8, 4) is 0 Å². The van der Waals surface area contributed by atoms with E-state index in [2.05, 4.69) is 11.9 Å². The molecule has 0 heterocycles. The van der Waals surface area contributed by atoms with Crippen LogP contribution in [-0.4, -0.2) is 23.5 Å². The maximum absolute atomic E-state index is 13.1. The first kappa shape index (κ1) is 16.6. The predicted molar refractivity (Wildman–Crippen MR) is 74.4 cm³/mol. The third-order valence-electron chi connectivity index (χ3n) is 2.63. The maximum atomic E-state index is 13.1. The molecular formula is C15H15F2NO3. The van der Waals surface area contributed by atoms with Crippen molar-refractivity contribution in [1.82, 2.24) is 5.32 Å². The Morgan fingerprint density at radius 3 is 2.52 bits per heavy atom. The molecule has 0 atom stereocenters. The molecule has 4 nitrogen and oxygen atoms in total. The van der Waals surface area contributed by atoms with Gasteiger partial charge in [-0.05, 0) is 37.1 Å². The van der Waals surface area contributed by atoms with Crippen molar-refractivity contribution >= 4 is 18.0 Å². The van der Waals surface area contributed by atoms with Crippen LogP contribution in [0.4, 0.5) is 8.78 Å². The quantitative estimate of drug-likeness (QED) is 0.792. The van der Waals surface area contributed by atoms with Gasteiger partial charge in [0.1, 0.15) is 0 Å². The van der Waals surface area contributed by atoms with E-state index < -0.39 is 17.6 Å². The third kappa shape index (κ3) is 5.18. The zero-order valence-electron chi connectivity index (χ0n) is 11.5. The van der Waals surface area contributed by atoms with Crippen LogP contribution in [0.3, 0.4) is 0 Å². The van der Waals surface area contributed by atoms with Crippen LogP contribution in [0.15, 0.2) is 35.9 Å². The maximum Gasteiger partial charge on any atom is 0.331 e. The van der Waals surface area contributed by atoms with Crippen molar-refractivity contribution in [2.24, 2.45) is 0 Å². The number of hydrogen-bond acceptors (Lipinski definition) is 2. The second-order valence-corrected chi connectivity index (χ2v) is 4.43. The predicted octanol–water partition coefficient (Wildman–Crippen LogP) is 2.52. The normalized spacial score (nSPS) is 11.1. The fourth-order valence-corrected chi connectivity index (χ4v) is 1.51. The van der Waals surface area contributed by atoms with Crippen LogP contribution in [-0.2, 0) is 9.59 Å². The summed E-state index contributed by atoms with van der Waals surface area (Å²) in [5.74, 6) is -3.61. The Morgan fingerprint density at radius 1 is 1.33 bits per heavy atom. The van der Waals surface area contributed by atoms with E-state index in [1.54, 1.807) is 0 Å². The minimum absolute atomic E-state index is 0.0250. The van der Waals surface area contributed by atoms with Gasteiger partial charge in [-0.1, -0.05) is 12.6 Å². The molecule has 0 aliphatic heterocycles. The van der Waals surface area contributed by atoms with Gasteiger partial charge in [0.15, 0.2) is 11.6 Å². The van der Waals surface area contributed by atoms with Gasteiger partial charge in [-0.2, -0.15) is 0 Å². The van der Waals surface area contributed by atoms with Crippen molar-refractivity contribution in [2.45, 2.75) is 13.3 Å². The van der Waals surface area contributed by atoms with Crippen molar-refractivity contribution in [1.29, 1.82) is 0 Å². The first-order valence-electron chi connectivity index (χ1n) is 6.14. The van der Waals surface area contributed by atoms with Gasteiger partial charge < -0.3 is 10.4 Å². The van der Waals surface area contributed by atoms with Gasteiger partial charge in [0.2, 0.25) is 5.91 Å². The summed E-state index contributed by atoms with van der Waals surface area (Å²) in [4.78, 5) is 22.4. The molecule has 0 spiro atoms. The molecule has 0 saturated heterocycles. The first-order valence-corrected chi connectivity index (χ1v) is 6.14. The Morgan fingerprint density at radius 2 is 2.00 bits per heavy atom. The van der Waals surface area contributed by atoms with Gasteiger partial charge in [0.25, 0.3) is 0 Å². The number of amides is 1. The molecular weight excluding hydrogens is 280 g/mol. The molecule has 1 rings (SSSR count). The molecule has 6 heteroatoms. The molecule has 0 bridgehead atoms. The minimum Gasteiger partial charge on any atom is -0.478 e. The highest BCUT2D eigenvalue weighted by molar-refractivity contribution is 5.93. The van der Waals surface area contributed by atoms with E-state index in [0.717, 1.165) is 12.1 Å². The van der Waals surface area contributed by atoms with E-state index in [0.29, 0.717) is 5.57 Å². The number of benzene rings is 1. The zero-order chi connectivity index (χ0) is 16.0. The Balaban J connectivity index is 2.79. The molecule has 1 aromatic rings. The lowest BCUT2D eigenvalue weighted by molar-refractivity contribution is -0.132. The molecule has 0 saturated carbocycles. The van der Waals surface area contributed by atoms with Crippen molar-refractivity contribution < 1.29 is 23.5 Å². The number of aliphatic carboxylic acids is 1. The largest absolute Gasteiger partial charge is 0.478 e. The molecule has 1 aromatic carbocycles. The van der Waals surface area contributed by atoms with Crippen LogP contribution in [0, 0.1) is 11.6 Å². The van der Waals surface area contributed by atoms with Gasteiger partial charge >= 0.3 is 5.97 Å². The molecule has 0 radical (unpaired) electrons. The van der Waals surface area contributed by atoms with Crippen LogP contribution in [0.5, 0.6) is 0 Å². The van der Waals surface area contributed by atoms with Gasteiger partial charge in [-0.15, -0.1) is 0 Å². The summed E-state index contributed by atoms with van der Waals surface area (Å²) < 4.78 is 25.9. The number of halogens is 2. The minimum atomic E-state index is -1.19. The molecule has 0 aromatic heterocycles. The molecule has 112 valence electrons. The zero-order valence-corrected chi connectivity index (χ0v) is 11.5. The summed E-state index contributed by atoms with van der Waals surface area (Å²) in [5, 5.41) is 11.6. The van der Waals surface area contributed by atoms with E-state index in [1.807, 2.05) is 0 Å². The molecule has 21 heavy (non-hydrogen) atoms. The van der Waals surface area contributed by atoms with Crippen LogP contribution < -0.4 is 5.32 Å². The number of nitrogens with one attached hydrogen (secondary N) is 1. The highest BCUT2D eigenvalue weighted by Gasteiger charge is 2.10. The standard InChI is InChI=1S/C15H15F2NO3/c1-9(2)14(19)18-6-5-11(15(20)21)7-10-3-4-12(16)13(17)8-10/h3-4,7-8H,1,5-6H2,2H3,(H,18,19)(H,20,21)/b11-7+.